The normalized spacial score (nSPS) is 10.7. The number of nitrogens with one attached hydrogen (secondary N) is 2. The van der Waals surface area contributed by atoms with Gasteiger partial charge in [0.05, 0.1) is 5.56 Å². The van der Waals surface area contributed by atoms with Crippen LogP contribution in [0.2, 0.25) is 0 Å². The number of unbranched alkanes of at least 4 members (excludes halogenated alkanes) is 4. The highest BCUT2D eigenvalue weighted by molar-refractivity contribution is 5.91. The average molecular weight is 765 g/mol. The van der Waals surface area contributed by atoms with E-state index in [0.29, 0.717) is 23.2 Å². The Morgan fingerprint density at radius 1 is 0.456 bits per heavy atom. The topological polar surface area (TPSA) is 128 Å². The third-order valence-corrected chi connectivity index (χ3v) is 9.05. The second kappa shape index (κ2) is 23.1. The number of carbonyl (C=O) groups excluding carboxylic acids is 1. The van der Waals surface area contributed by atoms with Gasteiger partial charge in [0.15, 0.2) is 0 Å². The fourth-order valence-electron chi connectivity index (χ4n) is 5.82. The van der Waals surface area contributed by atoms with Gasteiger partial charge >= 0.3 is 5.97 Å². The molecule has 57 heavy (non-hydrogen) atoms. The van der Waals surface area contributed by atoms with Crippen LogP contribution in [0.3, 0.4) is 0 Å². The van der Waals surface area contributed by atoms with Crippen LogP contribution in [0.1, 0.15) is 113 Å². The first-order valence-corrected chi connectivity index (χ1v) is 20.5. The number of benzene rings is 4. The van der Waals surface area contributed by atoms with Crippen LogP contribution < -0.4 is 15.4 Å². The second-order valence-electron chi connectivity index (χ2n) is 13.9. The monoisotopic (exact) mass is 764 g/mol. The number of ether oxygens (including phenoxy) is 1. The van der Waals surface area contributed by atoms with Crippen molar-refractivity contribution in [3.05, 3.63) is 138 Å². The Morgan fingerprint density at radius 2 is 0.842 bits per heavy atom. The van der Waals surface area contributed by atoms with Crippen LogP contribution in [-0.4, -0.2) is 35.9 Å². The summed E-state index contributed by atoms with van der Waals surface area (Å²) < 4.78 is 5.56. The van der Waals surface area contributed by atoms with E-state index in [1.165, 1.54) is 0 Å². The van der Waals surface area contributed by atoms with Gasteiger partial charge in [-0.05, 0) is 85.3 Å². The molecule has 6 rings (SSSR count). The van der Waals surface area contributed by atoms with E-state index in [0.717, 1.165) is 123 Å². The van der Waals surface area contributed by atoms with E-state index in [-0.39, 0.29) is 0 Å². The standard InChI is InChI=1S/C30H32N4O2.C17H24N4/c1-3-5-12-27-32-28(13-6-4-2)34-30(33-27)31-25-18-14-24(15-19-25)29(35)36-26-20-16-23(17-21-26)22-10-8-7-9-11-22;1-3-5-12-15-19-16(13-6-4-2)21-17(20-15)18-14-10-8-7-9-11-14/h7-11,14-21H,3-6,12-13H2,1-2H3,(H,31,32,33,34);7-11H,3-6,12-13H2,1-2H3,(H,18,19,20,21). The summed E-state index contributed by atoms with van der Waals surface area (Å²) in [4.78, 5) is 40.1. The zero-order chi connectivity index (χ0) is 40.1. The van der Waals surface area contributed by atoms with Gasteiger partial charge in [0.1, 0.15) is 29.0 Å². The molecular formula is C47H56N8O2. The molecule has 0 spiro atoms. The zero-order valence-corrected chi connectivity index (χ0v) is 33.9. The van der Waals surface area contributed by atoms with E-state index in [1.807, 2.05) is 97.1 Å². The summed E-state index contributed by atoms with van der Waals surface area (Å²) in [7, 11) is 0. The first kappa shape index (κ1) is 42.1. The van der Waals surface area contributed by atoms with Crippen LogP contribution >= 0.6 is 0 Å². The third-order valence-electron chi connectivity index (χ3n) is 9.05. The summed E-state index contributed by atoms with van der Waals surface area (Å²) in [6.07, 6.45) is 12.3. The first-order chi connectivity index (χ1) is 28.0. The van der Waals surface area contributed by atoms with Gasteiger partial charge in [0.2, 0.25) is 11.9 Å². The lowest BCUT2D eigenvalue weighted by Crippen LogP contribution is -2.09. The van der Waals surface area contributed by atoms with Crippen LogP contribution in [-0.2, 0) is 25.7 Å². The number of hydrogen-bond acceptors (Lipinski definition) is 10. The minimum atomic E-state index is -0.405. The molecule has 10 nitrogen and oxygen atoms in total. The molecule has 6 aromatic rings. The van der Waals surface area contributed by atoms with E-state index in [1.54, 1.807) is 12.1 Å². The van der Waals surface area contributed by atoms with Crippen LogP contribution in [0.5, 0.6) is 5.75 Å². The van der Waals surface area contributed by atoms with Crippen molar-refractivity contribution in [2.75, 3.05) is 10.6 Å². The molecule has 0 saturated heterocycles. The summed E-state index contributed by atoms with van der Waals surface area (Å²) >= 11 is 0. The molecule has 2 aromatic heterocycles. The molecule has 0 atom stereocenters. The van der Waals surface area contributed by atoms with Crippen molar-refractivity contribution in [1.29, 1.82) is 0 Å². The molecule has 0 aliphatic heterocycles. The van der Waals surface area contributed by atoms with Crippen molar-refractivity contribution in [3.8, 4) is 16.9 Å². The molecule has 0 saturated carbocycles. The number of hydrogen-bond donors (Lipinski definition) is 2. The van der Waals surface area contributed by atoms with Gasteiger partial charge < -0.3 is 15.4 Å². The minimum absolute atomic E-state index is 0.405. The predicted molar refractivity (Wildman–Crippen MR) is 230 cm³/mol. The highest BCUT2D eigenvalue weighted by Gasteiger charge is 2.12. The van der Waals surface area contributed by atoms with Crippen molar-refractivity contribution >= 4 is 29.2 Å². The van der Waals surface area contributed by atoms with Gasteiger partial charge in [0.25, 0.3) is 0 Å². The van der Waals surface area contributed by atoms with E-state index < -0.39 is 5.97 Å². The quantitative estimate of drug-likeness (QED) is 0.0607. The SMILES string of the molecule is CCCCc1nc(CCCC)nc(Nc2ccc(C(=O)Oc3ccc(-c4ccccc4)cc3)cc2)n1.CCCCc1nc(CCCC)nc(Nc2ccccc2)n1. The molecule has 2 heterocycles. The number of aromatic nitrogens is 6. The van der Waals surface area contributed by atoms with Gasteiger partial charge in [-0.25, -0.2) is 14.8 Å². The fourth-order valence-corrected chi connectivity index (χ4v) is 5.82. The molecule has 0 unspecified atom stereocenters. The van der Waals surface area contributed by atoms with E-state index in [9.17, 15) is 4.79 Å². The number of esters is 1. The molecule has 4 aromatic carbocycles. The van der Waals surface area contributed by atoms with Crippen molar-refractivity contribution in [3.63, 3.8) is 0 Å². The Kier molecular flexibility index (Phi) is 17.1. The Bertz CT molecular complexity index is 2020. The van der Waals surface area contributed by atoms with Crippen LogP contribution in [0.25, 0.3) is 11.1 Å². The smallest absolute Gasteiger partial charge is 0.343 e. The van der Waals surface area contributed by atoms with E-state index >= 15 is 0 Å². The summed E-state index contributed by atoms with van der Waals surface area (Å²) in [6, 6.07) is 34.8. The van der Waals surface area contributed by atoms with Crippen molar-refractivity contribution in [2.45, 2.75) is 105 Å². The maximum Gasteiger partial charge on any atom is 0.343 e. The number of carbonyl (C=O) groups is 1. The zero-order valence-electron chi connectivity index (χ0n) is 33.9. The number of rotatable bonds is 19. The van der Waals surface area contributed by atoms with E-state index in [4.69, 9.17) is 4.74 Å². The molecule has 0 aliphatic carbocycles. The molecule has 0 radical (unpaired) electrons. The highest BCUT2D eigenvalue weighted by atomic mass is 16.5. The third kappa shape index (κ3) is 14.2. The molecule has 10 heteroatoms. The van der Waals surface area contributed by atoms with Crippen LogP contribution in [0.15, 0.2) is 109 Å². The number of nitrogens with zero attached hydrogens (tertiary/aromatic N) is 6. The van der Waals surface area contributed by atoms with Crippen molar-refractivity contribution in [2.24, 2.45) is 0 Å². The summed E-state index contributed by atoms with van der Waals surface area (Å²) in [6.45, 7) is 8.68. The van der Waals surface area contributed by atoms with Gasteiger partial charge in [-0.3, -0.25) is 0 Å². The first-order valence-electron chi connectivity index (χ1n) is 20.5. The lowest BCUT2D eigenvalue weighted by Gasteiger charge is -2.10. The number of aryl methyl sites for hydroxylation is 4. The molecule has 0 bridgehead atoms. The number of anilines is 4. The van der Waals surface area contributed by atoms with Gasteiger partial charge in [-0.1, -0.05) is 114 Å². The Morgan fingerprint density at radius 3 is 1.26 bits per heavy atom. The predicted octanol–water partition coefficient (Wildman–Crippen LogP) is 11.5. The molecule has 296 valence electrons. The van der Waals surface area contributed by atoms with Gasteiger partial charge in [0, 0.05) is 37.1 Å². The maximum atomic E-state index is 12.7. The molecule has 2 N–H and O–H groups in total. The molecule has 0 fully saturated rings. The van der Waals surface area contributed by atoms with Crippen molar-refractivity contribution < 1.29 is 9.53 Å². The average Bonchev–Trinajstić information content (AvgIpc) is 3.25. The summed E-state index contributed by atoms with van der Waals surface area (Å²) in [5, 5.41) is 6.54. The van der Waals surface area contributed by atoms with E-state index in [2.05, 4.69) is 68.2 Å². The summed E-state index contributed by atoms with van der Waals surface area (Å²) in [5.41, 5.74) is 4.46. The van der Waals surface area contributed by atoms with Crippen LogP contribution in [0, 0.1) is 0 Å². The minimum Gasteiger partial charge on any atom is -0.423 e. The number of para-hydroxylation sites is 1. The van der Waals surface area contributed by atoms with Crippen LogP contribution in [0.4, 0.5) is 23.3 Å². The Labute approximate surface area is 338 Å². The van der Waals surface area contributed by atoms with Crippen molar-refractivity contribution in [1.82, 2.24) is 29.9 Å². The largest absolute Gasteiger partial charge is 0.423 e. The lowest BCUT2D eigenvalue weighted by atomic mass is 10.1. The second-order valence-corrected chi connectivity index (χ2v) is 13.9. The molecule has 0 amide bonds. The lowest BCUT2D eigenvalue weighted by molar-refractivity contribution is 0.0735. The molecular weight excluding hydrogens is 709 g/mol. The Hall–Kier alpha value is -6.03. The van der Waals surface area contributed by atoms with Gasteiger partial charge in [-0.15, -0.1) is 0 Å². The molecule has 0 aliphatic rings. The van der Waals surface area contributed by atoms with Gasteiger partial charge in [-0.2, -0.15) is 19.9 Å². The maximum absolute atomic E-state index is 12.7. The fraction of sp³-hybridized carbons (Fsp3) is 0.340. The Balaban J connectivity index is 0.000000251. The summed E-state index contributed by atoms with van der Waals surface area (Å²) in [5.74, 6) is 4.74. The highest BCUT2D eigenvalue weighted by Crippen LogP contribution is 2.23.